The van der Waals surface area contributed by atoms with E-state index in [2.05, 4.69) is 5.32 Å². The maximum atomic E-state index is 13.7. The van der Waals surface area contributed by atoms with Gasteiger partial charge in [-0.3, -0.25) is 9.59 Å². The van der Waals surface area contributed by atoms with E-state index in [1.807, 2.05) is 45.9 Å². The Hall–Kier alpha value is -3.09. The molecule has 0 aromatic heterocycles. The number of carbonyl (C=O) groups excluding carboxylic acids is 3. The van der Waals surface area contributed by atoms with Crippen LogP contribution >= 0.6 is 0 Å². The van der Waals surface area contributed by atoms with Crippen molar-refractivity contribution in [3.8, 4) is 5.75 Å². The van der Waals surface area contributed by atoms with Gasteiger partial charge in [-0.2, -0.15) is 0 Å². The Morgan fingerprint density at radius 3 is 2.59 bits per heavy atom. The van der Waals surface area contributed by atoms with Crippen LogP contribution in [0.2, 0.25) is 0 Å². The number of ketones is 1. The van der Waals surface area contributed by atoms with E-state index in [9.17, 15) is 14.4 Å². The third-order valence-electron chi connectivity index (χ3n) is 6.27. The Morgan fingerprint density at radius 1 is 1.25 bits per heavy atom. The van der Waals surface area contributed by atoms with Crippen LogP contribution in [0.4, 0.5) is 0 Å². The average molecular weight is 442 g/mol. The molecule has 0 amide bonds. The number of dihydropyridines is 1. The smallest absolute Gasteiger partial charge is 0.337 e. The van der Waals surface area contributed by atoms with Crippen molar-refractivity contribution in [3.05, 3.63) is 52.4 Å². The average Bonchev–Trinajstić information content (AvgIpc) is 2.77. The van der Waals surface area contributed by atoms with Gasteiger partial charge in [0.1, 0.15) is 11.7 Å². The number of ether oxygens (including phenoxy) is 3. The largest absolute Gasteiger partial charge is 0.497 e. The van der Waals surface area contributed by atoms with Crippen LogP contribution in [0.15, 0.2) is 46.8 Å². The van der Waals surface area contributed by atoms with Crippen LogP contribution in [0, 0.1) is 11.8 Å². The van der Waals surface area contributed by atoms with Gasteiger partial charge in [0.2, 0.25) is 0 Å². The van der Waals surface area contributed by atoms with Gasteiger partial charge in [0, 0.05) is 22.9 Å². The number of hydrogen-bond donors (Lipinski definition) is 1. The quantitative estimate of drug-likeness (QED) is 0.532. The maximum Gasteiger partial charge on any atom is 0.337 e. The van der Waals surface area contributed by atoms with Crippen molar-refractivity contribution in [2.24, 2.45) is 11.8 Å². The normalized spacial score (nSPS) is 23.8. The fourth-order valence-corrected chi connectivity index (χ4v) is 4.44. The molecule has 1 aromatic carbocycles. The molecule has 0 radical (unpaired) electrons. The molecule has 1 aliphatic heterocycles. The summed E-state index contributed by atoms with van der Waals surface area (Å²) >= 11 is 0. The first-order valence-electron chi connectivity index (χ1n) is 10.9. The second-order valence-corrected chi connectivity index (χ2v) is 8.44. The summed E-state index contributed by atoms with van der Waals surface area (Å²) in [5.41, 5.74) is 2.87. The summed E-state index contributed by atoms with van der Waals surface area (Å²) in [5.74, 6) is -2.58. The molecule has 0 saturated heterocycles. The molecule has 2 aliphatic rings. The minimum Gasteiger partial charge on any atom is -0.497 e. The standard InChI is InChI=1S/C25H31NO6/c1-7-14(3)32-25(29)20-15(4)26-18-11-13(2)19(24(28)31-6)23(27)22(18)21(20)16-9-8-10-17(12-16)30-5/h8-10,12-14,19,21,26H,7,11H2,1-6H3/t13-,14+,19+,21+/m0/s1. The molecule has 1 aromatic rings. The van der Waals surface area contributed by atoms with Crippen LogP contribution in [-0.4, -0.2) is 38.0 Å². The molecule has 1 N–H and O–H groups in total. The van der Waals surface area contributed by atoms with Gasteiger partial charge in [-0.1, -0.05) is 26.0 Å². The van der Waals surface area contributed by atoms with Crippen LogP contribution in [0.3, 0.4) is 0 Å². The minimum atomic E-state index is -0.918. The van der Waals surface area contributed by atoms with Crippen molar-refractivity contribution in [2.45, 2.75) is 52.6 Å². The Morgan fingerprint density at radius 2 is 1.97 bits per heavy atom. The molecule has 4 atom stereocenters. The highest BCUT2D eigenvalue weighted by atomic mass is 16.5. The molecule has 0 bridgehead atoms. The van der Waals surface area contributed by atoms with Crippen molar-refractivity contribution in [3.63, 3.8) is 0 Å². The zero-order valence-electron chi connectivity index (χ0n) is 19.5. The Kier molecular flexibility index (Phi) is 7.06. The predicted molar refractivity (Wildman–Crippen MR) is 119 cm³/mol. The van der Waals surface area contributed by atoms with Gasteiger partial charge < -0.3 is 19.5 Å². The van der Waals surface area contributed by atoms with Gasteiger partial charge in [0.15, 0.2) is 5.78 Å². The monoisotopic (exact) mass is 441 g/mol. The lowest BCUT2D eigenvalue weighted by molar-refractivity contribution is -0.151. The van der Waals surface area contributed by atoms with Gasteiger partial charge in [-0.15, -0.1) is 0 Å². The highest BCUT2D eigenvalue weighted by molar-refractivity contribution is 6.12. The summed E-state index contributed by atoms with van der Waals surface area (Å²) in [6, 6.07) is 7.28. The third kappa shape index (κ3) is 4.29. The van der Waals surface area contributed by atoms with Gasteiger partial charge in [-0.05, 0) is 50.3 Å². The topological polar surface area (TPSA) is 90.9 Å². The Balaban J connectivity index is 2.18. The van der Waals surface area contributed by atoms with Gasteiger partial charge in [0.25, 0.3) is 0 Å². The molecular weight excluding hydrogens is 410 g/mol. The summed E-state index contributed by atoms with van der Waals surface area (Å²) in [7, 11) is 2.84. The lowest BCUT2D eigenvalue weighted by atomic mass is 9.69. The number of hydrogen-bond acceptors (Lipinski definition) is 7. The molecule has 3 rings (SSSR count). The van der Waals surface area contributed by atoms with Gasteiger partial charge >= 0.3 is 11.9 Å². The molecule has 0 spiro atoms. The fourth-order valence-electron chi connectivity index (χ4n) is 4.44. The summed E-state index contributed by atoms with van der Waals surface area (Å²) in [5, 5.41) is 3.26. The fraction of sp³-hybridized carbons (Fsp3) is 0.480. The van der Waals surface area contributed by atoms with Crippen LogP contribution in [0.5, 0.6) is 5.75 Å². The van der Waals surface area contributed by atoms with E-state index in [-0.39, 0.29) is 17.8 Å². The molecular formula is C25H31NO6. The molecule has 0 saturated carbocycles. The summed E-state index contributed by atoms with van der Waals surface area (Å²) < 4.78 is 16.0. The molecule has 172 valence electrons. The first-order chi connectivity index (χ1) is 15.2. The van der Waals surface area contributed by atoms with Crippen molar-refractivity contribution in [2.75, 3.05) is 14.2 Å². The number of methoxy groups -OCH3 is 2. The van der Waals surface area contributed by atoms with E-state index >= 15 is 0 Å². The van der Waals surface area contributed by atoms with Crippen molar-refractivity contribution in [1.82, 2.24) is 5.32 Å². The Labute approximate surface area is 188 Å². The molecule has 1 aliphatic carbocycles. The van der Waals surface area contributed by atoms with Crippen LogP contribution in [0.25, 0.3) is 0 Å². The maximum absolute atomic E-state index is 13.7. The van der Waals surface area contributed by atoms with Crippen molar-refractivity contribution in [1.29, 1.82) is 0 Å². The predicted octanol–water partition coefficient (Wildman–Crippen LogP) is 3.65. The molecule has 32 heavy (non-hydrogen) atoms. The van der Waals surface area contributed by atoms with Gasteiger partial charge in [-0.25, -0.2) is 4.79 Å². The molecule has 7 heteroatoms. The minimum absolute atomic E-state index is 0.228. The zero-order valence-corrected chi connectivity index (χ0v) is 19.5. The molecule has 1 heterocycles. The summed E-state index contributed by atoms with van der Waals surface area (Å²) in [6.07, 6.45) is 0.894. The number of nitrogens with one attached hydrogen (secondary N) is 1. The lowest BCUT2D eigenvalue weighted by Crippen LogP contribution is -2.43. The zero-order chi connectivity index (χ0) is 23.6. The van der Waals surface area contributed by atoms with Crippen LogP contribution < -0.4 is 10.1 Å². The van der Waals surface area contributed by atoms with Gasteiger partial charge in [0.05, 0.1) is 25.9 Å². The number of benzene rings is 1. The highest BCUT2D eigenvalue weighted by Crippen LogP contribution is 2.46. The van der Waals surface area contributed by atoms with E-state index in [1.54, 1.807) is 13.2 Å². The Bertz CT molecular complexity index is 992. The molecule has 0 unspecified atom stereocenters. The number of carbonyl (C=O) groups is 3. The van der Waals surface area contributed by atoms with E-state index < -0.39 is 23.8 Å². The first-order valence-corrected chi connectivity index (χ1v) is 10.9. The van der Waals surface area contributed by atoms with Crippen LogP contribution in [-0.2, 0) is 23.9 Å². The third-order valence-corrected chi connectivity index (χ3v) is 6.27. The SMILES string of the molecule is CC[C@@H](C)OC(=O)C1=C(C)NC2=C(C(=O)[C@H](C(=O)OC)[C@@H](C)C2)[C@@H]1c1cccc(OC)c1. The molecule has 0 fully saturated rings. The van der Waals surface area contributed by atoms with Crippen molar-refractivity contribution < 1.29 is 28.6 Å². The highest BCUT2D eigenvalue weighted by Gasteiger charge is 2.47. The summed E-state index contributed by atoms with van der Waals surface area (Å²) in [4.78, 5) is 39.4. The number of rotatable bonds is 6. The van der Waals surface area contributed by atoms with E-state index in [1.165, 1.54) is 7.11 Å². The van der Waals surface area contributed by atoms with E-state index in [0.29, 0.717) is 35.4 Å². The second kappa shape index (κ2) is 9.59. The van der Waals surface area contributed by atoms with Crippen LogP contribution in [0.1, 0.15) is 52.0 Å². The second-order valence-electron chi connectivity index (χ2n) is 8.44. The summed E-state index contributed by atoms with van der Waals surface area (Å²) in [6.45, 7) is 7.43. The van der Waals surface area contributed by atoms with E-state index in [0.717, 1.165) is 11.3 Å². The lowest BCUT2D eigenvalue weighted by Gasteiger charge is -2.38. The number of Topliss-reactive ketones (excluding diaryl/α,β-unsaturated/α-hetero) is 1. The number of allylic oxidation sites excluding steroid dienone is 3. The first kappa shape index (κ1) is 23.6. The van der Waals surface area contributed by atoms with Crippen molar-refractivity contribution >= 4 is 17.7 Å². The molecule has 7 nitrogen and oxygen atoms in total. The number of esters is 2. The van der Waals surface area contributed by atoms with E-state index in [4.69, 9.17) is 14.2 Å².